The number of carbonyl (C=O) groups is 1. The van der Waals surface area contributed by atoms with Gasteiger partial charge in [-0.1, -0.05) is 0 Å². The molecule has 0 spiro atoms. The quantitative estimate of drug-likeness (QED) is 0.815. The molecule has 17 heavy (non-hydrogen) atoms. The summed E-state index contributed by atoms with van der Waals surface area (Å²) in [5.74, 6) is 0. The molecule has 1 N–H and O–H groups in total. The van der Waals surface area contributed by atoms with Gasteiger partial charge in [0.25, 0.3) is 0 Å². The number of likely N-dealkylation sites (tertiary alicyclic amines) is 1. The van der Waals surface area contributed by atoms with Crippen LogP contribution in [-0.2, 0) is 4.74 Å². The molecule has 1 saturated heterocycles. The maximum atomic E-state index is 12.8. The van der Waals surface area contributed by atoms with E-state index in [2.05, 4.69) is 0 Å². The average molecular weight is 251 g/mol. The highest BCUT2D eigenvalue weighted by atomic mass is 19.3. The van der Waals surface area contributed by atoms with E-state index in [0.29, 0.717) is 0 Å². The van der Waals surface area contributed by atoms with Crippen LogP contribution in [0.2, 0.25) is 0 Å². The van der Waals surface area contributed by atoms with Crippen LogP contribution in [0.4, 0.5) is 13.6 Å². The second kappa shape index (κ2) is 4.76. The first-order chi connectivity index (χ1) is 7.70. The fourth-order valence-electron chi connectivity index (χ4n) is 1.75. The van der Waals surface area contributed by atoms with Crippen molar-refractivity contribution in [3.63, 3.8) is 0 Å². The van der Waals surface area contributed by atoms with E-state index in [-0.39, 0.29) is 19.5 Å². The topological polar surface area (TPSA) is 49.8 Å². The van der Waals surface area contributed by atoms with Crippen LogP contribution in [0.5, 0.6) is 0 Å². The number of halogens is 2. The first-order valence-corrected chi connectivity index (χ1v) is 5.57. The van der Waals surface area contributed by atoms with Gasteiger partial charge in [0.2, 0.25) is 6.43 Å². The van der Waals surface area contributed by atoms with Gasteiger partial charge in [0.15, 0.2) is 0 Å². The Labute approximate surface area is 99.5 Å². The molecular weight excluding hydrogens is 232 g/mol. The van der Waals surface area contributed by atoms with Crippen LogP contribution in [0.1, 0.15) is 27.2 Å². The van der Waals surface area contributed by atoms with Gasteiger partial charge in [0.1, 0.15) is 5.60 Å². The van der Waals surface area contributed by atoms with Crippen LogP contribution in [0.3, 0.4) is 0 Å². The number of hydrogen-bond acceptors (Lipinski definition) is 3. The molecule has 6 heteroatoms. The Hall–Kier alpha value is -0.910. The number of nitrogens with zero attached hydrogens (tertiary/aromatic N) is 1. The first kappa shape index (κ1) is 14.2. The lowest BCUT2D eigenvalue weighted by molar-refractivity contribution is -0.0369. The van der Waals surface area contributed by atoms with Crippen LogP contribution >= 0.6 is 0 Å². The molecule has 0 aromatic rings. The van der Waals surface area contributed by atoms with Crippen molar-refractivity contribution in [3.8, 4) is 0 Å². The summed E-state index contributed by atoms with van der Waals surface area (Å²) in [6.07, 6.45) is -3.14. The van der Waals surface area contributed by atoms with Crippen molar-refractivity contribution in [2.24, 2.45) is 5.41 Å². The molecule has 0 radical (unpaired) electrons. The molecule has 1 aliphatic rings. The van der Waals surface area contributed by atoms with Gasteiger partial charge in [-0.3, -0.25) is 0 Å². The Morgan fingerprint density at radius 1 is 1.53 bits per heavy atom. The fourth-order valence-corrected chi connectivity index (χ4v) is 1.75. The number of aliphatic hydroxyl groups excluding tert-OH is 1. The van der Waals surface area contributed by atoms with E-state index >= 15 is 0 Å². The van der Waals surface area contributed by atoms with E-state index in [1.807, 2.05) is 0 Å². The molecule has 0 aromatic heterocycles. The lowest BCUT2D eigenvalue weighted by Gasteiger charge is -2.27. The Morgan fingerprint density at radius 2 is 2.12 bits per heavy atom. The summed E-state index contributed by atoms with van der Waals surface area (Å²) in [6.45, 7) is 4.56. The summed E-state index contributed by atoms with van der Waals surface area (Å²) < 4.78 is 30.8. The zero-order valence-electron chi connectivity index (χ0n) is 10.4. The SMILES string of the molecule is CC(C)(C)OC(=O)N1CCC(CO)(C(F)F)C1. The molecule has 4 nitrogen and oxygen atoms in total. The van der Waals surface area contributed by atoms with Gasteiger partial charge in [-0.05, 0) is 27.2 Å². The van der Waals surface area contributed by atoms with Gasteiger partial charge in [0, 0.05) is 13.1 Å². The van der Waals surface area contributed by atoms with E-state index < -0.39 is 30.1 Å². The lowest BCUT2D eigenvalue weighted by atomic mass is 9.89. The van der Waals surface area contributed by atoms with Gasteiger partial charge in [0.05, 0.1) is 12.0 Å². The third-order valence-electron chi connectivity index (χ3n) is 2.81. The molecule has 100 valence electrons. The Bertz CT molecular complexity index is 291. The highest BCUT2D eigenvalue weighted by Crippen LogP contribution is 2.36. The predicted octanol–water partition coefficient (Wildman–Crippen LogP) is 1.87. The molecule has 1 rings (SSSR count). The minimum absolute atomic E-state index is 0.0976. The minimum atomic E-state index is -2.64. The van der Waals surface area contributed by atoms with Gasteiger partial charge >= 0.3 is 6.09 Å². The summed E-state index contributed by atoms with van der Waals surface area (Å²) >= 11 is 0. The summed E-state index contributed by atoms with van der Waals surface area (Å²) in [7, 11) is 0. The summed E-state index contributed by atoms with van der Waals surface area (Å²) in [5, 5.41) is 9.06. The van der Waals surface area contributed by atoms with Crippen LogP contribution < -0.4 is 0 Å². The smallest absolute Gasteiger partial charge is 0.410 e. The highest BCUT2D eigenvalue weighted by molar-refractivity contribution is 5.68. The normalized spacial score (nSPS) is 25.5. The number of aliphatic hydroxyl groups is 1. The second-order valence-electron chi connectivity index (χ2n) is 5.47. The highest BCUT2D eigenvalue weighted by Gasteiger charge is 2.47. The van der Waals surface area contributed by atoms with E-state index in [9.17, 15) is 13.6 Å². The van der Waals surface area contributed by atoms with Crippen molar-refractivity contribution in [1.82, 2.24) is 4.90 Å². The number of rotatable bonds is 2. The van der Waals surface area contributed by atoms with Crippen molar-refractivity contribution >= 4 is 6.09 Å². The number of ether oxygens (including phenoxy) is 1. The van der Waals surface area contributed by atoms with Gasteiger partial charge in [-0.2, -0.15) is 0 Å². The van der Waals surface area contributed by atoms with Crippen molar-refractivity contribution in [2.75, 3.05) is 19.7 Å². The first-order valence-electron chi connectivity index (χ1n) is 5.57. The van der Waals surface area contributed by atoms with E-state index in [1.165, 1.54) is 4.90 Å². The van der Waals surface area contributed by atoms with Gasteiger partial charge in [-0.15, -0.1) is 0 Å². The summed E-state index contributed by atoms with van der Waals surface area (Å²) in [4.78, 5) is 12.9. The van der Waals surface area contributed by atoms with Crippen molar-refractivity contribution in [3.05, 3.63) is 0 Å². The molecule has 0 aliphatic carbocycles. The average Bonchev–Trinajstić information content (AvgIpc) is 2.60. The fraction of sp³-hybridized carbons (Fsp3) is 0.909. The maximum absolute atomic E-state index is 12.8. The lowest BCUT2D eigenvalue weighted by Crippen LogP contribution is -2.40. The monoisotopic (exact) mass is 251 g/mol. The van der Waals surface area contributed by atoms with Crippen molar-refractivity contribution < 1.29 is 23.4 Å². The zero-order chi connectivity index (χ0) is 13.3. The molecule has 1 amide bonds. The molecular formula is C11H19F2NO3. The maximum Gasteiger partial charge on any atom is 0.410 e. The minimum Gasteiger partial charge on any atom is -0.444 e. The van der Waals surface area contributed by atoms with E-state index in [0.717, 1.165) is 0 Å². The molecule has 0 aromatic carbocycles. The van der Waals surface area contributed by atoms with E-state index in [4.69, 9.17) is 9.84 Å². The molecule has 1 aliphatic heterocycles. The summed E-state index contributed by atoms with van der Waals surface area (Å²) in [5.41, 5.74) is -2.14. The second-order valence-corrected chi connectivity index (χ2v) is 5.47. The van der Waals surface area contributed by atoms with Gasteiger partial charge < -0.3 is 14.7 Å². The molecule has 1 heterocycles. The number of hydrogen-bond donors (Lipinski definition) is 1. The number of carbonyl (C=O) groups excluding carboxylic acids is 1. The van der Waals surface area contributed by atoms with Crippen LogP contribution in [0.15, 0.2) is 0 Å². The van der Waals surface area contributed by atoms with Crippen LogP contribution in [0.25, 0.3) is 0 Å². The molecule has 0 bridgehead atoms. The Kier molecular flexibility index (Phi) is 3.96. The number of amides is 1. The zero-order valence-corrected chi connectivity index (χ0v) is 10.4. The van der Waals surface area contributed by atoms with Crippen LogP contribution in [-0.4, -0.2) is 47.8 Å². The molecule has 1 atom stereocenters. The predicted molar refractivity (Wildman–Crippen MR) is 57.9 cm³/mol. The van der Waals surface area contributed by atoms with Crippen molar-refractivity contribution in [1.29, 1.82) is 0 Å². The molecule has 1 unspecified atom stereocenters. The standard InChI is InChI=1S/C11H19F2NO3/c1-10(2,3)17-9(16)14-5-4-11(6-14,7-15)8(12)13/h8,15H,4-7H2,1-3H3. The number of alkyl halides is 2. The van der Waals surface area contributed by atoms with Crippen molar-refractivity contribution in [2.45, 2.75) is 39.2 Å². The summed E-state index contributed by atoms with van der Waals surface area (Å²) in [6, 6.07) is 0. The third-order valence-corrected chi connectivity index (χ3v) is 2.81. The Morgan fingerprint density at radius 3 is 2.47 bits per heavy atom. The largest absolute Gasteiger partial charge is 0.444 e. The molecule has 1 fully saturated rings. The van der Waals surface area contributed by atoms with Gasteiger partial charge in [-0.25, -0.2) is 13.6 Å². The van der Waals surface area contributed by atoms with E-state index in [1.54, 1.807) is 20.8 Å². The Balaban J connectivity index is 2.64. The molecule has 0 saturated carbocycles. The third kappa shape index (κ3) is 3.28. The van der Waals surface area contributed by atoms with Crippen LogP contribution in [0, 0.1) is 5.41 Å².